The number of likely N-dealkylation sites (tertiary alicyclic amines) is 1. The van der Waals surface area contributed by atoms with Crippen molar-refractivity contribution in [3.05, 3.63) is 0 Å². The van der Waals surface area contributed by atoms with Crippen molar-refractivity contribution in [2.45, 2.75) is 18.2 Å². The highest BCUT2D eigenvalue weighted by atomic mass is 16.4. The number of β-amino-alcohol motifs (C(OH)–C–C–N with tert-alkyl or cyclic N) is 1. The van der Waals surface area contributed by atoms with Gasteiger partial charge in [-0.25, -0.2) is 19.6 Å². The third kappa shape index (κ3) is 1.38. The maximum absolute atomic E-state index is 10.9. The summed E-state index contributed by atoms with van der Waals surface area (Å²) in [6.45, 7) is 0.0995. The second-order valence-corrected chi connectivity index (χ2v) is 4.00. The molecule has 0 bridgehead atoms. The van der Waals surface area contributed by atoms with Gasteiger partial charge in [-0.15, -0.1) is 0 Å². The van der Waals surface area contributed by atoms with E-state index in [2.05, 4.69) is 0 Å². The first-order valence-corrected chi connectivity index (χ1v) is 4.84. The fourth-order valence-corrected chi connectivity index (χ4v) is 2.49. The highest BCUT2D eigenvalue weighted by Crippen LogP contribution is 2.30. The van der Waals surface area contributed by atoms with Gasteiger partial charge in [0.05, 0.1) is 31.3 Å². The minimum Gasteiger partial charge on any atom is -0.465 e. The molecular formula is C8H13N3O5. The summed E-state index contributed by atoms with van der Waals surface area (Å²) in [5, 5.41) is 29.9. The zero-order valence-electron chi connectivity index (χ0n) is 8.65. The molecule has 16 heavy (non-hydrogen) atoms. The van der Waals surface area contributed by atoms with E-state index < -0.39 is 30.4 Å². The Bertz CT molecular complexity index is 336. The molecule has 2 saturated heterocycles. The van der Waals surface area contributed by atoms with E-state index in [1.54, 1.807) is 0 Å². The normalized spacial score (nSPS) is 34.2. The Hall–Kier alpha value is -1.54. The number of carboxylic acid groups (broad SMARTS) is 2. The first kappa shape index (κ1) is 11.0. The molecule has 2 fully saturated rings. The minimum atomic E-state index is -1.14. The maximum Gasteiger partial charge on any atom is 0.422 e. The van der Waals surface area contributed by atoms with Crippen molar-refractivity contribution in [1.82, 2.24) is 14.9 Å². The van der Waals surface area contributed by atoms with Crippen molar-refractivity contribution in [3.8, 4) is 0 Å². The Balaban J connectivity index is 2.23. The van der Waals surface area contributed by atoms with Crippen molar-refractivity contribution < 1.29 is 24.9 Å². The van der Waals surface area contributed by atoms with Gasteiger partial charge in [0.2, 0.25) is 0 Å². The summed E-state index contributed by atoms with van der Waals surface area (Å²) in [5.74, 6) is 0. The molecule has 2 aliphatic heterocycles. The van der Waals surface area contributed by atoms with Crippen LogP contribution in [0, 0.1) is 0 Å². The van der Waals surface area contributed by atoms with Crippen molar-refractivity contribution in [2.75, 3.05) is 20.1 Å². The molecule has 0 aromatic rings. The summed E-state index contributed by atoms with van der Waals surface area (Å²) >= 11 is 0. The van der Waals surface area contributed by atoms with Gasteiger partial charge < -0.3 is 15.3 Å². The molecule has 2 amide bonds. The number of nitrogens with zero attached hydrogens (tertiary/aromatic N) is 3. The van der Waals surface area contributed by atoms with Crippen molar-refractivity contribution in [3.63, 3.8) is 0 Å². The Morgan fingerprint density at radius 1 is 1.19 bits per heavy atom. The van der Waals surface area contributed by atoms with E-state index in [9.17, 15) is 14.7 Å². The fraction of sp³-hybridized carbons (Fsp3) is 0.750. The Labute approximate surface area is 91.2 Å². The van der Waals surface area contributed by atoms with Crippen molar-refractivity contribution >= 4 is 12.2 Å². The molecule has 0 spiro atoms. The lowest BCUT2D eigenvalue weighted by Gasteiger charge is -2.26. The lowest BCUT2D eigenvalue weighted by atomic mass is 10.1. The zero-order valence-corrected chi connectivity index (χ0v) is 8.65. The third-order valence-electron chi connectivity index (χ3n) is 3.21. The molecule has 2 aliphatic rings. The monoisotopic (exact) mass is 231 g/mol. The lowest BCUT2D eigenvalue weighted by Crippen LogP contribution is -2.45. The highest BCUT2D eigenvalue weighted by Gasteiger charge is 2.53. The topological polar surface area (TPSA) is 105 Å². The molecule has 2 rings (SSSR count). The molecule has 3 atom stereocenters. The SMILES string of the molecule is CN1C2C(O)CN(C(=O)O)C2CN1C(=O)O. The molecule has 8 nitrogen and oxygen atoms in total. The van der Waals surface area contributed by atoms with Crippen LogP contribution >= 0.6 is 0 Å². The second kappa shape index (κ2) is 3.49. The summed E-state index contributed by atoms with van der Waals surface area (Å²) < 4.78 is 0. The van der Waals surface area contributed by atoms with Crippen LogP contribution in [-0.4, -0.2) is 80.7 Å². The number of hydrogen-bond donors (Lipinski definition) is 3. The smallest absolute Gasteiger partial charge is 0.422 e. The van der Waals surface area contributed by atoms with Crippen molar-refractivity contribution in [2.24, 2.45) is 0 Å². The molecular weight excluding hydrogens is 218 g/mol. The average Bonchev–Trinajstić information content (AvgIpc) is 2.66. The molecule has 0 aromatic carbocycles. The Kier molecular flexibility index (Phi) is 2.39. The van der Waals surface area contributed by atoms with E-state index in [0.717, 1.165) is 9.91 Å². The van der Waals surface area contributed by atoms with Gasteiger partial charge >= 0.3 is 12.2 Å². The van der Waals surface area contributed by atoms with E-state index in [-0.39, 0.29) is 13.1 Å². The summed E-state index contributed by atoms with van der Waals surface area (Å²) in [4.78, 5) is 22.9. The molecule has 90 valence electrons. The average molecular weight is 231 g/mol. The third-order valence-corrected chi connectivity index (χ3v) is 3.21. The predicted molar refractivity (Wildman–Crippen MR) is 50.8 cm³/mol. The number of rotatable bonds is 0. The van der Waals surface area contributed by atoms with Crippen LogP contribution in [0.1, 0.15) is 0 Å². The number of carbonyl (C=O) groups is 2. The van der Waals surface area contributed by atoms with E-state index >= 15 is 0 Å². The molecule has 8 heteroatoms. The largest absolute Gasteiger partial charge is 0.465 e. The van der Waals surface area contributed by atoms with Gasteiger partial charge in [0.15, 0.2) is 0 Å². The minimum absolute atomic E-state index is 0.0302. The number of aliphatic hydroxyl groups is 1. The van der Waals surface area contributed by atoms with Gasteiger partial charge in [-0.2, -0.15) is 0 Å². The molecule has 0 radical (unpaired) electrons. The van der Waals surface area contributed by atoms with Crippen LogP contribution < -0.4 is 0 Å². The summed E-state index contributed by atoms with van der Waals surface area (Å²) in [5.41, 5.74) is 0. The summed E-state index contributed by atoms with van der Waals surface area (Å²) in [6, 6.07) is -0.971. The van der Waals surface area contributed by atoms with Crippen LogP contribution in [0.5, 0.6) is 0 Å². The van der Waals surface area contributed by atoms with Gasteiger partial charge in [0.1, 0.15) is 0 Å². The van der Waals surface area contributed by atoms with Crippen LogP contribution in [0.3, 0.4) is 0 Å². The van der Waals surface area contributed by atoms with Crippen LogP contribution in [0.15, 0.2) is 0 Å². The Morgan fingerprint density at radius 2 is 1.81 bits per heavy atom. The van der Waals surface area contributed by atoms with Gasteiger partial charge in [0, 0.05) is 7.05 Å². The van der Waals surface area contributed by atoms with Crippen molar-refractivity contribution in [1.29, 1.82) is 0 Å². The van der Waals surface area contributed by atoms with Crippen LogP contribution in [0.4, 0.5) is 9.59 Å². The van der Waals surface area contributed by atoms with E-state index in [4.69, 9.17) is 10.2 Å². The molecule has 0 saturated carbocycles. The molecule has 0 aromatic heterocycles. The highest BCUT2D eigenvalue weighted by molar-refractivity contribution is 5.68. The maximum atomic E-state index is 10.9. The quantitative estimate of drug-likeness (QED) is 0.489. The zero-order chi connectivity index (χ0) is 12.0. The number of amides is 2. The van der Waals surface area contributed by atoms with Gasteiger partial charge in [-0.3, -0.25) is 4.90 Å². The number of fused-ring (bicyclic) bond motifs is 1. The number of aliphatic hydroxyl groups excluding tert-OH is 1. The molecule has 2 heterocycles. The number of likely N-dealkylation sites (N-methyl/N-ethyl adjacent to an activating group) is 1. The fourth-order valence-electron chi connectivity index (χ4n) is 2.49. The van der Waals surface area contributed by atoms with Gasteiger partial charge in [0.25, 0.3) is 0 Å². The van der Waals surface area contributed by atoms with Crippen LogP contribution in [-0.2, 0) is 0 Å². The summed E-state index contributed by atoms with van der Waals surface area (Å²) in [6.07, 6.45) is -3.13. The predicted octanol–water partition coefficient (Wildman–Crippen LogP) is -1.08. The van der Waals surface area contributed by atoms with E-state index in [0.29, 0.717) is 0 Å². The molecule has 3 N–H and O–H groups in total. The molecule has 3 unspecified atom stereocenters. The lowest BCUT2D eigenvalue weighted by molar-refractivity contribution is -0.00438. The van der Waals surface area contributed by atoms with Gasteiger partial charge in [-0.05, 0) is 0 Å². The standard InChI is InChI=1S/C8H13N3O5/c1-9-6-4(2-11(9)8(15)16)10(7(13)14)3-5(6)12/h4-6,12H,2-3H2,1H3,(H,13,14)(H,15,16). The van der Waals surface area contributed by atoms with E-state index in [1.165, 1.54) is 12.1 Å². The molecule has 0 aliphatic carbocycles. The van der Waals surface area contributed by atoms with Crippen LogP contribution in [0.25, 0.3) is 0 Å². The number of hydrazine groups is 1. The van der Waals surface area contributed by atoms with Gasteiger partial charge in [-0.1, -0.05) is 0 Å². The Morgan fingerprint density at radius 3 is 2.31 bits per heavy atom. The van der Waals surface area contributed by atoms with Crippen LogP contribution in [0.2, 0.25) is 0 Å². The first-order valence-electron chi connectivity index (χ1n) is 4.84. The summed E-state index contributed by atoms with van der Waals surface area (Å²) in [7, 11) is 1.54. The van der Waals surface area contributed by atoms with E-state index in [1.807, 2.05) is 0 Å². The number of hydrogen-bond acceptors (Lipinski definition) is 4. The first-order chi connectivity index (χ1) is 7.43. The second-order valence-electron chi connectivity index (χ2n) is 4.00.